The highest BCUT2D eigenvalue weighted by Crippen LogP contribution is 2.04. The van der Waals surface area contributed by atoms with Crippen molar-refractivity contribution in [1.82, 2.24) is 10.2 Å². The largest absolute Gasteiger partial charge is 0.379 e. The van der Waals surface area contributed by atoms with E-state index in [1.54, 1.807) is 0 Å². The molecule has 0 aliphatic carbocycles. The molecule has 1 amide bonds. The molecule has 0 aromatic heterocycles. The zero-order valence-electron chi connectivity index (χ0n) is 11.1. The van der Waals surface area contributed by atoms with Crippen LogP contribution in [0.2, 0.25) is 0 Å². The second-order valence-corrected chi connectivity index (χ2v) is 4.61. The standard InChI is InChI=1S/C14H21N3O2/c15-11-12-2-1-3-13(10-12)14(18)16-4-5-17-6-8-19-9-7-17/h1-3,10H,4-9,11,15H2,(H,16,18). The van der Waals surface area contributed by atoms with Gasteiger partial charge in [0.05, 0.1) is 13.2 Å². The Morgan fingerprint density at radius 1 is 1.37 bits per heavy atom. The molecular weight excluding hydrogens is 242 g/mol. The van der Waals surface area contributed by atoms with Gasteiger partial charge in [-0.15, -0.1) is 0 Å². The van der Waals surface area contributed by atoms with E-state index in [-0.39, 0.29) is 5.91 Å². The van der Waals surface area contributed by atoms with Gasteiger partial charge >= 0.3 is 0 Å². The first-order valence-electron chi connectivity index (χ1n) is 6.67. The van der Waals surface area contributed by atoms with Crippen molar-refractivity contribution in [2.45, 2.75) is 6.54 Å². The Labute approximate surface area is 113 Å². The van der Waals surface area contributed by atoms with Crippen LogP contribution in [0.1, 0.15) is 15.9 Å². The number of nitrogens with zero attached hydrogens (tertiary/aromatic N) is 1. The lowest BCUT2D eigenvalue weighted by Crippen LogP contribution is -2.41. The molecule has 1 fully saturated rings. The second-order valence-electron chi connectivity index (χ2n) is 4.61. The van der Waals surface area contributed by atoms with Gasteiger partial charge in [0, 0.05) is 38.3 Å². The van der Waals surface area contributed by atoms with Gasteiger partial charge < -0.3 is 15.8 Å². The number of morpholine rings is 1. The van der Waals surface area contributed by atoms with Crippen molar-refractivity contribution in [2.24, 2.45) is 5.73 Å². The Hall–Kier alpha value is -1.43. The van der Waals surface area contributed by atoms with Crippen molar-refractivity contribution in [3.8, 4) is 0 Å². The molecule has 0 saturated carbocycles. The lowest BCUT2D eigenvalue weighted by Gasteiger charge is -2.26. The van der Waals surface area contributed by atoms with Crippen molar-refractivity contribution in [3.63, 3.8) is 0 Å². The molecule has 19 heavy (non-hydrogen) atoms. The van der Waals surface area contributed by atoms with E-state index in [4.69, 9.17) is 10.5 Å². The van der Waals surface area contributed by atoms with Crippen molar-refractivity contribution in [3.05, 3.63) is 35.4 Å². The number of hydrogen-bond acceptors (Lipinski definition) is 4. The number of nitrogens with one attached hydrogen (secondary N) is 1. The predicted molar refractivity (Wildman–Crippen MR) is 73.9 cm³/mol. The third kappa shape index (κ3) is 4.31. The molecule has 3 N–H and O–H groups in total. The highest BCUT2D eigenvalue weighted by molar-refractivity contribution is 5.94. The van der Waals surface area contributed by atoms with Gasteiger partial charge in [-0.2, -0.15) is 0 Å². The van der Waals surface area contributed by atoms with Crippen LogP contribution >= 0.6 is 0 Å². The first-order valence-corrected chi connectivity index (χ1v) is 6.67. The molecule has 5 nitrogen and oxygen atoms in total. The smallest absolute Gasteiger partial charge is 0.251 e. The van der Waals surface area contributed by atoms with E-state index < -0.39 is 0 Å². The SMILES string of the molecule is NCc1cccc(C(=O)NCCN2CCOCC2)c1. The van der Waals surface area contributed by atoms with Gasteiger partial charge in [-0.3, -0.25) is 9.69 Å². The maximum atomic E-state index is 12.0. The highest BCUT2D eigenvalue weighted by atomic mass is 16.5. The number of ether oxygens (including phenoxy) is 1. The van der Waals surface area contributed by atoms with E-state index >= 15 is 0 Å². The summed E-state index contributed by atoms with van der Waals surface area (Å²) in [5, 5.41) is 2.94. The number of benzene rings is 1. The van der Waals surface area contributed by atoms with Crippen LogP contribution in [0.5, 0.6) is 0 Å². The number of amides is 1. The van der Waals surface area contributed by atoms with Crippen LogP contribution < -0.4 is 11.1 Å². The summed E-state index contributed by atoms with van der Waals surface area (Å²) in [6, 6.07) is 7.43. The first kappa shape index (κ1) is 14.0. The molecule has 1 aromatic rings. The highest BCUT2D eigenvalue weighted by Gasteiger charge is 2.10. The van der Waals surface area contributed by atoms with Gasteiger partial charge in [-0.25, -0.2) is 0 Å². The molecule has 1 aromatic carbocycles. The van der Waals surface area contributed by atoms with E-state index in [9.17, 15) is 4.79 Å². The summed E-state index contributed by atoms with van der Waals surface area (Å²) in [5.74, 6) is -0.0384. The van der Waals surface area contributed by atoms with E-state index in [0.717, 1.165) is 38.4 Å². The molecule has 0 atom stereocenters. The molecular formula is C14H21N3O2. The minimum atomic E-state index is -0.0384. The minimum Gasteiger partial charge on any atom is -0.379 e. The fraction of sp³-hybridized carbons (Fsp3) is 0.500. The van der Waals surface area contributed by atoms with Gasteiger partial charge in [0.1, 0.15) is 0 Å². The van der Waals surface area contributed by atoms with E-state index in [1.165, 1.54) is 0 Å². The van der Waals surface area contributed by atoms with Crippen LogP contribution in [0.15, 0.2) is 24.3 Å². The van der Waals surface area contributed by atoms with E-state index in [0.29, 0.717) is 18.7 Å². The summed E-state index contributed by atoms with van der Waals surface area (Å²) in [5.41, 5.74) is 7.21. The monoisotopic (exact) mass is 263 g/mol. The summed E-state index contributed by atoms with van der Waals surface area (Å²) >= 11 is 0. The van der Waals surface area contributed by atoms with E-state index in [1.807, 2.05) is 24.3 Å². The zero-order valence-corrected chi connectivity index (χ0v) is 11.1. The number of nitrogens with two attached hydrogens (primary N) is 1. The van der Waals surface area contributed by atoms with Gasteiger partial charge in [-0.05, 0) is 17.7 Å². The van der Waals surface area contributed by atoms with Crippen molar-refractivity contribution < 1.29 is 9.53 Å². The molecule has 1 heterocycles. The van der Waals surface area contributed by atoms with Gasteiger partial charge in [0.25, 0.3) is 5.91 Å². The maximum absolute atomic E-state index is 12.0. The predicted octanol–water partition coefficient (Wildman–Crippen LogP) is 0.207. The van der Waals surface area contributed by atoms with Crippen LogP contribution in [0.3, 0.4) is 0 Å². The lowest BCUT2D eigenvalue weighted by molar-refractivity contribution is 0.0383. The average molecular weight is 263 g/mol. The zero-order chi connectivity index (χ0) is 13.5. The lowest BCUT2D eigenvalue weighted by atomic mass is 10.1. The van der Waals surface area contributed by atoms with Crippen molar-refractivity contribution in [1.29, 1.82) is 0 Å². The molecule has 1 aliphatic rings. The molecule has 0 unspecified atom stereocenters. The molecule has 1 saturated heterocycles. The molecule has 104 valence electrons. The molecule has 0 bridgehead atoms. The van der Waals surface area contributed by atoms with Crippen LogP contribution in [0, 0.1) is 0 Å². The second kappa shape index (κ2) is 7.23. The summed E-state index contributed by atoms with van der Waals surface area (Å²) in [6.07, 6.45) is 0. The van der Waals surface area contributed by atoms with Crippen LogP contribution in [-0.2, 0) is 11.3 Å². The van der Waals surface area contributed by atoms with Crippen molar-refractivity contribution in [2.75, 3.05) is 39.4 Å². The third-order valence-corrected chi connectivity index (χ3v) is 3.24. The molecule has 5 heteroatoms. The Balaban J connectivity index is 1.77. The Morgan fingerprint density at radius 2 is 2.16 bits per heavy atom. The average Bonchev–Trinajstić information content (AvgIpc) is 2.48. The van der Waals surface area contributed by atoms with Gasteiger partial charge in [-0.1, -0.05) is 12.1 Å². The minimum absolute atomic E-state index is 0.0384. The fourth-order valence-electron chi connectivity index (χ4n) is 2.09. The molecule has 0 spiro atoms. The summed E-state index contributed by atoms with van der Waals surface area (Å²) < 4.78 is 5.28. The van der Waals surface area contributed by atoms with E-state index in [2.05, 4.69) is 10.2 Å². The third-order valence-electron chi connectivity index (χ3n) is 3.24. The Kier molecular flexibility index (Phi) is 5.32. The van der Waals surface area contributed by atoms with Crippen molar-refractivity contribution >= 4 is 5.91 Å². The van der Waals surface area contributed by atoms with Crippen LogP contribution in [-0.4, -0.2) is 50.2 Å². The number of carbonyl (C=O) groups is 1. The van der Waals surface area contributed by atoms with Crippen LogP contribution in [0.4, 0.5) is 0 Å². The molecule has 2 rings (SSSR count). The first-order chi connectivity index (χ1) is 9.29. The Morgan fingerprint density at radius 3 is 2.89 bits per heavy atom. The number of rotatable bonds is 5. The molecule has 0 radical (unpaired) electrons. The summed E-state index contributed by atoms with van der Waals surface area (Å²) in [4.78, 5) is 14.3. The van der Waals surface area contributed by atoms with Crippen LogP contribution in [0.25, 0.3) is 0 Å². The summed E-state index contributed by atoms with van der Waals surface area (Å²) in [7, 11) is 0. The fourth-order valence-corrected chi connectivity index (χ4v) is 2.09. The topological polar surface area (TPSA) is 67.6 Å². The molecule has 1 aliphatic heterocycles. The number of carbonyl (C=O) groups excluding carboxylic acids is 1. The number of hydrogen-bond donors (Lipinski definition) is 2. The maximum Gasteiger partial charge on any atom is 0.251 e. The van der Waals surface area contributed by atoms with Gasteiger partial charge in [0.2, 0.25) is 0 Å². The quantitative estimate of drug-likeness (QED) is 0.797. The normalized spacial score (nSPS) is 16.3. The Bertz CT molecular complexity index is 417. The summed E-state index contributed by atoms with van der Waals surface area (Å²) in [6.45, 7) is 5.43. The van der Waals surface area contributed by atoms with Gasteiger partial charge in [0.15, 0.2) is 0 Å².